The van der Waals surface area contributed by atoms with Crippen molar-refractivity contribution in [1.82, 2.24) is 19.9 Å². The van der Waals surface area contributed by atoms with E-state index >= 15 is 26.3 Å². The molecule has 0 aliphatic rings. The fourth-order valence-corrected chi connectivity index (χ4v) is 6.46. The van der Waals surface area contributed by atoms with Crippen LogP contribution >= 0.6 is 0 Å². The van der Waals surface area contributed by atoms with E-state index in [2.05, 4.69) is 19.9 Å². The first kappa shape index (κ1) is 32.7. The fraction of sp³-hybridized carbons (Fsp3) is 0.0811. The van der Waals surface area contributed by atoms with Crippen molar-refractivity contribution in [3.8, 4) is 0 Å². The van der Waals surface area contributed by atoms with Gasteiger partial charge in [0, 0.05) is 63.2 Å². The van der Waals surface area contributed by atoms with Crippen LogP contribution in [0.4, 0.5) is 39.5 Å². The molecule has 50 heavy (non-hydrogen) atoms. The van der Waals surface area contributed by atoms with Gasteiger partial charge in [-0.25, -0.2) is 39.5 Å². The molecule has 13 heteroatoms. The molecule has 0 radical (unpaired) electrons. The minimum Gasteiger partial charge on any atom is -0.364 e. The zero-order valence-corrected chi connectivity index (χ0v) is 25.4. The third-order valence-corrected chi connectivity index (χ3v) is 8.68. The average Bonchev–Trinajstić information content (AvgIpc) is 3.94. The van der Waals surface area contributed by atoms with E-state index in [1.807, 2.05) is 0 Å². The van der Waals surface area contributed by atoms with Crippen LogP contribution in [-0.2, 0) is 0 Å². The Morgan fingerprint density at radius 3 is 0.960 bits per heavy atom. The number of aromatic amines is 4. The third kappa shape index (κ3) is 5.48. The van der Waals surface area contributed by atoms with Gasteiger partial charge in [0.1, 0.15) is 23.3 Å². The predicted molar refractivity (Wildman–Crippen MR) is 165 cm³/mol. The fourth-order valence-electron chi connectivity index (χ4n) is 6.46. The molecule has 0 aliphatic carbocycles. The summed E-state index contributed by atoms with van der Waals surface area (Å²) in [5, 5.41) is 0. The van der Waals surface area contributed by atoms with Gasteiger partial charge in [0.15, 0.2) is 23.3 Å². The molecule has 0 spiro atoms. The summed E-state index contributed by atoms with van der Waals surface area (Å²) in [6.45, 7) is 0. The highest BCUT2D eigenvalue weighted by Gasteiger charge is 2.36. The minimum atomic E-state index is -2.37. The van der Waals surface area contributed by atoms with E-state index in [1.54, 1.807) is 24.3 Å². The Bertz CT molecular complexity index is 2110. The highest BCUT2D eigenvalue weighted by Crippen LogP contribution is 2.42. The topological polar surface area (TPSA) is 63.2 Å². The van der Waals surface area contributed by atoms with E-state index in [1.165, 1.54) is 48.8 Å². The lowest BCUT2D eigenvalue weighted by molar-refractivity contribution is 0.368. The SMILES string of the molecule is Fc1cccc(F)c1C(c1ccc[nH]1)c1ccc(C(c2ccc(C(c3ccc[nH]3)c3c(F)cccc3F)[nH]2)c2c(F)c(F)c(F)c(F)c2F)[nH]1. The molecule has 0 fully saturated rings. The number of benzene rings is 3. The Morgan fingerprint density at radius 2 is 0.640 bits per heavy atom. The van der Waals surface area contributed by atoms with Crippen LogP contribution in [0, 0.1) is 52.4 Å². The van der Waals surface area contributed by atoms with Crippen molar-refractivity contribution in [3.05, 3.63) is 201 Å². The summed E-state index contributed by atoms with van der Waals surface area (Å²) < 4.78 is 135. The normalized spacial score (nSPS) is 13.5. The molecule has 0 bridgehead atoms. The Morgan fingerprint density at radius 1 is 0.320 bits per heavy atom. The van der Waals surface area contributed by atoms with Crippen LogP contribution in [0.25, 0.3) is 0 Å². The second-order valence-electron chi connectivity index (χ2n) is 11.5. The molecule has 7 rings (SSSR count). The van der Waals surface area contributed by atoms with E-state index in [4.69, 9.17) is 0 Å². The molecule has 7 aromatic rings. The molecule has 4 N–H and O–H groups in total. The average molecular weight is 695 g/mol. The second kappa shape index (κ2) is 12.9. The lowest BCUT2D eigenvalue weighted by Gasteiger charge is -2.21. The van der Waals surface area contributed by atoms with Crippen molar-refractivity contribution in [3.63, 3.8) is 0 Å². The molecule has 2 atom stereocenters. The summed E-state index contributed by atoms with van der Waals surface area (Å²) in [4.78, 5) is 11.6. The number of H-pyrrole nitrogens is 4. The summed E-state index contributed by atoms with van der Waals surface area (Å²) >= 11 is 0. The molecule has 0 aliphatic heterocycles. The van der Waals surface area contributed by atoms with Crippen LogP contribution in [-0.4, -0.2) is 19.9 Å². The monoisotopic (exact) mass is 694 g/mol. The lowest BCUT2D eigenvalue weighted by atomic mass is 9.91. The number of hydrogen-bond donors (Lipinski definition) is 4. The van der Waals surface area contributed by atoms with Crippen molar-refractivity contribution < 1.29 is 39.5 Å². The summed E-state index contributed by atoms with van der Waals surface area (Å²) in [6, 6.07) is 18.1. The Labute approximate surface area is 277 Å². The van der Waals surface area contributed by atoms with Gasteiger partial charge in [0.2, 0.25) is 5.82 Å². The van der Waals surface area contributed by atoms with Gasteiger partial charge in [-0.1, -0.05) is 12.1 Å². The van der Waals surface area contributed by atoms with Crippen molar-refractivity contribution in [2.45, 2.75) is 17.8 Å². The molecule has 0 saturated carbocycles. The number of aromatic nitrogens is 4. The van der Waals surface area contributed by atoms with Crippen molar-refractivity contribution >= 4 is 0 Å². The highest BCUT2D eigenvalue weighted by atomic mass is 19.2. The molecule has 2 unspecified atom stereocenters. The van der Waals surface area contributed by atoms with Gasteiger partial charge in [-0.2, -0.15) is 0 Å². The zero-order chi connectivity index (χ0) is 35.3. The zero-order valence-electron chi connectivity index (χ0n) is 25.4. The Kier molecular flexibility index (Phi) is 8.42. The quantitative estimate of drug-likeness (QED) is 0.0661. The van der Waals surface area contributed by atoms with E-state index in [-0.39, 0.29) is 33.9 Å². The number of hydrogen-bond acceptors (Lipinski definition) is 0. The molecule has 4 aromatic heterocycles. The van der Waals surface area contributed by atoms with Crippen LogP contribution < -0.4 is 0 Å². The maximum Gasteiger partial charge on any atom is 0.200 e. The number of nitrogens with one attached hydrogen (secondary N) is 4. The van der Waals surface area contributed by atoms with Crippen LogP contribution in [0.2, 0.25) is 0 Å². The first-order valence-corrected chi connectivity index (χ1v) is 15.1. The van der Waals surface area contributed by atoms with Crippen LogP contribution in [0.3, 0.4) is 0 Å². The molecule has 0 saturated heterocycles. The smallest absolute Gasteiger partial charge is 0.200 e. The number of rotatable bonds is 9. The van der Waals surface area contributed by atoms with Gasteiger partial charge in [-0.15, -0.1) is 0 Å². The minimum absolute atomic E-state index is 0.102. The molecule has 3 aromatic carbocycles. The van der Waals surface area contributed by atoms with Gasteiger partial charge < -0.3 is 19.9 Å². The van der Waals surface area contributed by atoms with Gasteiger partial charge in [0.25, 0.3) is 0 Å². The Hall–Kier alpha value is -5.85. The van der Waals surface area contributed by atoms with E-state index in [0.29, 0.717) is 11.4 Å². The second-order valence-corrected chi connectivity index (χ2v) is 11.5. The van der Waals surface area contributed by atoms with Crippen molar-refractivity contribution in [2.24, 2.45) is 0 Å². The lowest BCUT2D eigenvalue weighted by Crippen LogP contribution is -2.16. The van der Waals surface area contributed by atoms with E-state index < -0.39 is 75.7 Å². The highest BCUT2D eigenvalue weighted by molar-refractivity contribution is 5.47. The summed E-state index contributed by atoms with van der Waals surface area (Å²) in [5.74, 6) is -18.7. The predicted octanol–water partition coefficient (Wildman–Crippen LogP) is 9.79. The third-order valence-electron chi connectivity index (χ3n) is 8.68. The van der Waals surface area contributed by atoms with Crippen molar-refractivity contribution in [1.29, 1.82) is 0 Å². The molecular weight excluding hydrogens is 671 g/mol. The van der Waals surface area contributed by atoms with Gasteiger partial charge in [-0.05, 0) is 72.8 Å². The number of halogens is 9. The maximum absolute atomic E-state index is 15.6. The standard InChI is InChI=1S/C37H23F9N4/c38-17-5-1-6-18(39)27(17)29(21-9-3-15-47-21)23-11-13-25(49-23)31(32-33(42)35(44)37(46)36(45)34(32)43)26-14-12-24(50-26)30(22-10-4-16-48-22)28-19(40)7-2-8-20(28)41/h1-16,29-31,47-50H. The van der Waals surface area contributed by atoms with E-state index in [0.717, 1.165) is 24.3 Å². The largest absolute Gasteiger partial charge is 0.364 e. The van der Waals surface area contributed by atoms with Gasteiger partial charge >= 0.3 is 0 Å². The summed E-state index contributed by atoms with van der Waals surface area (Å²) in [6.07, 6.45) is 3.03. The maximum atomic E-state index is 15.6. The molecular formula is C37H23F9N4. The van der Waals surface area contributed by atoms with Crippen LogP contribution in [0.5, 0.6) is 0 Å². The molecule has 254 valence electrons. The van der Waals surface area contributed by atoms with Crippen LogP contribution in [0.1, 0.15) is 68.6 Å². The Balaban J connectivity index is 1.43. The van der Waals surface area contributed by atoms with Gasteiger partial charge in [-0.3, -0.25) is 0 Å². The molecule has 0 amide bonds. The van der Waals surface area contributed by atoms with Crippen molar-refractivity contribution in [2.75, 3.05) is 0 Å². The first-order valence-electron chi connectivity index (χ1n) is 15.1. The molecule has 4 heterocycles. The summed E-state index contributed by atoms with van der Waals surface area (Å²) in [5.41, 5.74) is -1.44. The summed E-state index contributed by atoms with van der Waals surface area (Å²) in [7, 11) is 0. The van der Waals surface area contributed by atoms with Gasteiger partial charge in [0.05, 0.1) is 17.8 Å². The van der Waals surface area contributed by atoms with E-state index in [9.17, 15) is 13.2 Å². The first-order chi connectivity index (χ1) is 24.1. The van der Waals surface area contributed by atoms with Crippen LogP contribution in [0.15, 0.2) is 97.3 Å². The molecule has 4 nitrogen and oxygen atoms in total.